The molecule has 1 heterocycles. The first-order valence-corrected chi connectivity index (χ1v) is 6.62. The average Bonchev–Trinajstić information content (AvgIpc) is 2.41. The predicted octanol–water partition coefficient (Wildman–Crippen LogP) is 3.70. The van der Waals surface area contributed by atoms with Gasteiger partial charge in [-0.15, -0.1) is 0 Å². The lowest BCUT2D eigenvalue weighted by molar-refractivity contribution is 0.587. The molecule has 1 aromatic carbocycles. The molecule has 3 heteroatoms. The molecule has 0 aliphatic rings. The van der Waals surface area contributed by atoms with Gasteiger partial charge in [0.15, 0.2) is 0 Å². The van der Waals surface area contributed by atoms with Crippen LogP contribution in [0.4, 0.5) is 4.39 Å². The van der Waals surface area contributed by atoms with Gasteiger partial charge in [0, 0.05) is 30.1 Å². The molecule has 0 amide bonds. The van der Waals surface area contributed by atoms with Gasteiger partial charge in [-0.1, -0.05) is 19.1 Å². The van der Waals surface area contributed by atoms with E-state index in [4.69, 9.17) is 0 Å². The van der Waals surface area contributed by atoms with Crippen LogP contribution in [0, 0.1) is 12.7 Å². The highest BCUT2D eigenvalue weighted by Gasteiger charge is 2.05. The van der Waals surface area contributed by atoms with Crippen LogP contribution in [-0.4, -0.2) is 11.5 Å². The summed E-state index contributed by atoms with van der Waals surface area (Å²) in [7, 11) is 0. The van der Waals surface area contributed by atoms with Gasteiger partial charge in [0.25, 0.3) is 0 Å². The SMILES string of the molecule is CCCNCc1ccc(-c2cncc(C)c2)cc1F. The van der Waals surface area contributed by atoms with Crippen molar-refractivity contribution in [2.75, 3.05) is 6.54 Å². The van der Waals surface area contributed by atoms with Gasteiger partial charge in [0.05, 0.1) is 0 Å². The summed E-state index contributed by atoms with van der Waals surface area (Å²) in [5.41, 5.74) is 3.60. The minimum atomic E-state index is -0.164. The standard InChI is InChI=1S/C16H19FN2/c1-3-6-18-10-14-5-4-13(8-16(14)17)15-7-12(2)9-19-11-15/h4-5,7-9,11,18H,3,6,10H2,1-2H3. The molecule has 0 radical (unpaired) electrons. The van der Waals surface area contributed by atoms with Gasteiger partial charge in [0.1, 0.15) is 5.82 Å². The minimum Gasteiger partial charge on any atom is -0.313 e. The van der Waals surface area contributed by atoms with Crippen molar-refractivity contribution >= 4 is 0 Å². The number of hydrogen-bond donors (Lipinski definition) is 1. The molecule has 100 valence electrons. The van der Waals surface area contributed by atoms with Gasteiger partial charge < -0.3 is 5.32 Å². The lowest BCUT2D eigenvalue weighted by atomic mass is 10.0. The van der Waals surface area contributed by atoms with Crippen LogP contribution in [0.5, 0.6) is 0 Å². The summed E-state index contributed by atoms with van der Waals surface area (Å²) >= 11 is 0. The normalized spacial score (nSPS) is 10.7. The molecule has 19 heavy (non-hydrogen) atoms. The van der Waals surface area contributed by atoms with Gasteiger partial charge in [0.2, 0.25) is 0 Å². The molecule has 0 saturated carbocycles. The van der Waals surface area contributed by atoms with E-state index in [1.165, 1.54) is 0 Å². The van der Waals surface area contributed by atoms with Gasteiger partial charge in [-0.25, -0.2) is 4.39 Å². The zero-order chi connectivity index (χ0) is 13.7. The summed E-state index contributed by atoms with van der Waals surface area (Å²) in [5, 5.41) is 3.21. The van der Waals surface area contributed by atoms with Crippen molar-refractivity contribution in [3.8, 4) is 11.1 Å². The Kier molecular flexibility index (Phi) is 4.63. The second-order valence-electron chi connectivity index (χ2n) is 4.73. The number of nitrogens with one attached hydrogen (secondary N) is 1. The van der Waals surface area contributed by atoms with E-state index in [1.807, 2.05) is 25.1 Å². The molecule has 0 atom stereocenters. The highest BCUT2D eigenvalue weighted by molar-refractivity contribution is 5.63. The topological polar surface area (TPSA) is 24.9 Å². The largest absolute Gasteiger partial charge is 0.313 e. The van der Waals surface area contributed by atoms with Crippen LogP contribution in [0.25, 0.3) is 11.1 Å². The van der Waals surface area contributed by atoms with Crippen LogP contribution in [0.1, 0.15) is 24.5 Å². The van der Waals surface area contributed by atoms with Crippen molar-refractivity contribution in [2.45, 2.75) is 26.8 Å². The molecule has 2 rings (SSSR count). The van der Waals surface area contributed by atoms with E-state index in [0.717, 1.165) is 29.7 Å². The average molecular weight is 258 g/mol. The van der Waals surface area contributed by atoms with E-state index < -0.39 is 0 Å². The summed E-state index contributed by atoms with van der Waals surface area (Å²) in [5.74, 6) is -0.164. The third-order valence-electron chi connectivity index (χ3n) is 3.00. The molecule has 0 saturated heterocycles. The molecule has 1 N–H and O–H groups in total. The Morgan fingerprint density at radius 2 is 2.00 bits per heavy atom. The molecule has 0 aliphatic heterocycles. The third kappa shape index (κ3) is 3.61. The van der Waals surface area contributed by atoms with Crippen molar-refractivity contribution in [1.29, 1.82) is 0 Å². The Morgan fingerprint density at radius 1 is 1.16 bits per heavy atom. The quantitative estimate of drug-likeness (QED) is 0.827. The van der Waals surface area contributed by atoms with Crippen LogP contribution in [0.15, 0.2) is 36.7 Å². The fourth-order valence-electron chi connectivity index (χ4n) is 1.98. The molecule has 0 unspecified atom stereocenters. The van der Waals surface area contributed by atoms with Crippen molar-refractivity contribution in [1.82, 2.24) is 10.3 Å². The zero-order valence-electron chi connectivity index (χ0n) is 11.4. The number of hydrogen-bond acceptors (Lipinski definition) is 2. The Morgan fingerprint density at radius 3 is 2.68 bits per heavy atom. The fraction of sp³-hybridized carbons (Fsp3) is 0.312. The third-order valence-corrected chi connectivity index (χ3v) is 3.00. The Bertz CT molecular complexity index is 552. The highest BCUT2D eigenvalue weighted by atomic mass is 19.1. The fourth-order valence-corrected chi connectivity index (χ4v) is 1.98. The van der Waals surface area contributed by atoms with E-state index in [9.17, 15) is 4.39 Å². The summed E-state index contributed by atoms with van der Waals surface area (Å²) < 4.78 is 14.0. The van der Waals surface area contributed by atoms with Gasteiger partial charge >= 0.3 is 0 Å². The van der Waals surface area contributed by atoms with Crippen molar-refractivity contribution in [3.63, 3.8) is 0 Å². The summed E-state index contributed by atoms with van der Waals surface area (Å²) in [6.07, 6.45) is 4.61. The lowest BCUT2D eigenvalue weighted by Crippen LogP contribution is -2.14. The number of halogens is 1. The predicted molar refractivity (Wildman–Crippen MR) is 76.4 cm³/mol. The van der Waals surface area contributed by atoms with Gasteiger partial charge in [-0.3, -0.25) is 4.98 Å². The van der Waals surface area contributed by atoms with Gasteiger partial charge in [-0.05, 0) is 43.1 Å². The number of benzene rings is 1. The first kappa shape index (κ1) is 13.7. The molecule has 0 spiro atoms. The van der Waals surface area contributed by atoms with E-state index >= 15 is 0 Å². The van der Waals surface area contributed by atoms with E-state index in [1.54, 1.807) is 18.5 Å². The van der Waals surface area contributed by atoms with Crippen LogP contribution >= 0.6 is 0 Å². The number of nitrogens with zero attached hydrogens (tertiary/aromatic N) is 1. The Balaban J connectivity index is 2.19. The van der Waals surface area contributed by atoms with Crippen molar-refractivity contribution in [3.05, 3.63) is 53.6 Å². The summed E-state index contributed by atoms with van der Waals surface area (Å²) in [6.45, 7) is 5.56. The number of aromatic nitrogens is 1. The smallest absolute Gasteiger partial charge is 0.128 e. The lowest BCUT2D eigenvalue weighted by Gasteiger charge is -2.08. The first-order valence-electron chi connectivity index (χ1n) is 6.62. The van der Waals surface area contributed by atoms with Crippen LogP contribution in [0.2, 0.25) is 0 Å². The number of rotatable bonds is 5. The summed E-state index contributed by atoms with van der Waals surface area (Å²) in [4.78, 5) is 4.14. The molecule has 0 fully saturated rings. The van der Waals surface area contributed by atoms with Crippen molar-refractivity contribution in [2.24, 2.45) is 0 Å². The maximum atomic E-state index is 14.0. The molecular weight excluding hydrogens is 239 g/mol. The molecule has 1 aromatic heterocycles. The molecule has 0 bridgehead atoms. The number of aryl methyl sites for hydroxylation is 1. The maximum absolute atomic E-state index is 14.0. The van der Waals surface area contributed by atoms with Gasteiger partial charge in [-0.2, -0.15) is 0 Å². The first-order chi connectivity index (χ1) is 9.20. The van der Waals surface area contributed by atoms with Crippen LogP contribution in [0.3, 0.4) is 0 Å². The second kappa shape index (κ2) is 6.43. The van der Waals surface area contributed by atoms with Crippen molar-refractivity contribution < 1.29 is 4.39 Å². The molecule has 2 aromatic rings. The molecular formula is C16H19FN2. The Hall–Kier alpha value is -1.74. The summed E-state index contributed by atoms with van der Waals surface area (Å²) in [6, 6.07) is 7.38. The highest BCUT2D eigenvalue weighted by Crippen LogP contribution is 2.22. The molecule has 2 nitrogen and oxygen atoms in total. The monoisotopic (exact) mass is 258 g/mol. The number of pyridine rings is 1. The van der Waals surface area contributed by atoms with E-state index in [2.05, 4.69) is 17.2 Å². The maximum Gasteiger partial charge on any atom is 0.128 e. The minimum absolute atomic E-state index is 0.164. The van der Waals surface area contributed by atoms with Crippen LogP contribution in [-0.2, 0) is 6.54 Å². The molecule has 0 aliphatic carbocycles. The van der Waals surface area contributed by atoms with Crippen LogP contribution < -0.4 is 5.32 Å². The second-order valence-corrected chi connectivity index (χ2v) is 4.73. The Labute approximate surface area is 113 Å². The van der Waals surface area contributed by atoms with E-state index in [-0.39, 0.29) is 5.82 Å². The van der Waals surface area contributed by atoms with E-state index in [0.29, 0.717) is 12.1 Å². The zero-order valence-corrected chi connectivity index (χ0v) is 11.4.